The Morgan fingerprint density at radius 1 is 1.14 bits per heavy atom. The van der Waals surface area contributed by atoms with E-state index in [1.54, 1.807) is 0 Å². The molecule has 0 saturated carbocycles. The molecule has 0 aliphatic carbocycles. The molecule has 1 aliphatic rings. The Balaban J connectivity index is 2.16. The van der Waals surface area contributed by atoms with Gasteiger partial charge in [0, 0.05) is 18.6 Å². The van der Waals surface area contributed by atoms with Crippen LogP contribution < -0.4 is 5.32 Å². The van der Waals surface area contributed by atoms with Crippen molar-refractivity contribution >= 4 is 0 Å². The topological polar surface area (TPSA) is 15.3 Å². The molecule has 2 atom stereocenters. The molecule has 118 valence electrons. The van der Waals surface area contributed by atoms with Crippen molar-refractivity contribution in [1.82, 2.24) is 10.2 Å². The highest BCUT2D eigenvalue weighted by molar-refractivity contribution is 5.21. The van der Waals surface area contributed by atoms with Crippen LogP contribution in [0.2, 0.25) is 0 Å². The van der Waals surface area contributed by atoms with E-state index in [1.807, 2.05) is 0 Å². The number of likely N-dealkylation sites (tertiary alicyclic amines) is 1. The van der Waals surface area contributed by atoms with Gasteiger partial charge in [-0.05, 0) is 50.3 Å². The molecule has 0 amide bonds. The first-order chi connectivity index (χ1) is 10.2. The van der Waals surface area contributed by atoms with Gasteiger partial charge in [0.1, 0.15) is 0 Å². The van der Waals surface area contributed by atoms with Gasteiger partial charge in [-0.25, -0.2) is 0 Å². The molecular formula is C19H32N2. The van der Waals surface area contributed by atoms with E-state index in [9.17, 15) is 0 Å². The summed E-state index contributed by atoms with van der Waals surface area (Å²) in [7, 11) is 2.10. The minimum Gasteiger partial charge on any atom is -0.312 e. The normalized spacial score (nSPS) is 21.3. The van der Waals surface area contributed by atoms with Crippen LogP contribution in [0, 0.1) is 5.41 Å². The van der Waals surface area contributed by atoms with E-state index in [2.05, 4.69) is 68.4 Å². The molecule has 1 aromatic carbocycles. The Morgan fingerprint density at radius 2 is 1.81 bits per heavy atom. The summed E-state index contributed by atoms with van der Waals surface area (Å²) in [6, 6.07) is 11.9. The molecule has 0 aromatic heterocycles. The summed E-state index contributed by atoms with van der Waals surface area (Å²) < 4.78 is 0. The average molecular weight is 288 g/mol. The maximum absolute atomic E-state index is 3.57. The monoisotopic (exact) mass is 288 g/mol. The number of hydrogen-bond acceptors (Lipinski definition) is 2. The molecule has 0 radical (unpaired) electrons. The SMILES string of the molecule is CCC(C(NC)c1ccccc1)N1CCC(CC)(CC)C1. The molecule has 2 nitrogen and oxygen atoms in total. The van der Waals surface area contributed by atoms with Gasteiger partial charge >= 0.3 is 0 Å². The van der Waals surface area contributed by atoms with Crippen LogP contribution >= 0.6 is 0 Å². The van der Waals surface area contributed by atoms with Gasteiger partial charge in [-0.15, -0.1) is 0 Å². The van der Waals surface area contributed by atoms with Crippen molar-refractivity contribution in [1.29, 1.82) is 0 Å². The number of hydrogen-bond donors (Lipinski definition) is 1. The van der Waals surface area contributed by atoms with Crippen LogP contribution in [-0.2, 0) is 0 Å². The third kappa shape index (κ3) is 3.49. The van der Waals surface area contributed by atoms with E-state index >= 15 is 0 Å². The molecule has 2 rings (SSSR count). The number of benzene rings is 1. The summed E-state index contributed by atoms with van der Waals surface area (Å²) >= 11 is 0. The Morgan fingerprint density at radius 3 is 2.29 bits per heavy atom. The van der Waals surface area contributed by atoms with Gasteiger partial charge in [0.15, 0.2) is 0 Å². The highest BCUT2D eigenvalue weighted by atomic mass is 15.2. The number of nitrogens with zero attached hydrogens (tertiary/aromatic N) is 1. The van der Waals surface area contributed by atoms with Crippen molar-refractivity contribution in [3.05, 3.63) is 35.9 Å². The van der Waals surface area contributed by atoms with Crippen molar-refractivity contribution in [3.8, 4) is 0 Å². The molecular weight excluding hydrogens is 256 g/mol. The fourth-order valence-electron chi connectivity index (χ4n) is 4.03. The van der Waals surface area contributed by atoms with E-state index in [-0.39, 0.29) is 0 Å². The second kappa shape index (κ2) is 7.42. The smallest absolute Gasteiger partial charge is 0.0475 e. The van der Waals surface area contributed by atoms with E-state index in [1.165, 1.54) is 44.3 Å². The third-order valence-electron chi connectivity index (χ3n) is 5.71. The first-order valence-electron chi connectivity index (χ1n) is 8.66. The Labute approximate surface area is 130 Å². The fourth-order valence-corrected chi connectivity index (χ4v) is 4.03. The lowest BCUT2D eigenvalue weighted by Gasteiger charge is -2.36. The fraction of sp³-hybridized carbons (Fsp3) is 0.684. The summed E-state index contributed by atoms with van der Waals surface area (Å²) in [5, 5.41) is 3.57. The van der Waals surface area contributed by atoms with Gasteiger partial charge in [-0.1, -0.05) is 51.1 Å². The van der Waals surface area contributed by atoms with E-state index in [0.717, 1.165) is 0 Å². The van der Waals surface area contributed by atoms with Crippen molar-refractivity contribution in [3.63, 3.8) is 0 Å². The van der Waals surface area contributed by atoms with Crippen molar-refractivity contribution in [2.75, 3.05) is 20.1 Å². The molecule has 2 unspecified atom stereocenters. The lowest BCUT2D eigenvalue weighted by Crippen LogP contribution is -2.43. The zero-order chi connectivity index (χ0) is 15.3. The summed E-state index contributed by atoms with van der Waals surface area (Å²) in [6.07, 6.45) is 5.18. The van der Waals surface area contributed by atoms with Gasteiger partial charge in [0.25, 0.3) is 0 Å². The minimum atomic E-state index is 0.431. The highest BCUT2D eigenvalue weighted by Crippen LogP contribution is 2.39. The van der Waals surface area contributed by atoms with Crippen molar-refractivity contribution in [2.24, 2.45) is 5.41 Å². The van der Waals surface area contributed by atoms with Crippen LogP contribution in [0.1, 0.15) is 58.1 Å². The van der Waals surface area contributed by atoms with E-state index < -0.39 is 0 Å². The zero-order valence-corrected chi connectivity index (χ0v) is 14.2. The summed E-state index contributed by atoms with van der Waals surface area (Å²) in [5.41, 5.74) is 1.97. The number of nitrogens with one attached hydrogen (secondary N) is 1. The zero-order valence-electron chi connectivity index (χ0n) is 14.2. The number of likely N-dealkylation sites (N-methyl/N-ethyl adjacent to an activating group) is 1. The first-order valence-corrected chi connectivity index (χ1v) is 8.66. The Bertz CT molecular complexity index is 411. The van der Waals surface area contributed by atoms with Crippen LogP contribution in [0.5, 0.6) is 0 Å². The van der Waals surface area contributed by atoms with Gasteiger partial charge < -0.3 is 5.32 Å². The Kier molecular flexibility index (Phi) is 5.83. The second-order valence-electron chi connectivity index (χ2n) is 6.58. The molecule has 1 N–H and O–H groups in total. The average Bonchev–Trinajstić information content (AvgIpc) is 2.98. The minimum absolute atomic E-state index is 0.431. The first kappa shape index (κ1) is 16.5. The third-order valence-corrected chi connectivity index (χ3v) is 5.71. The standard InChI is InChI=1S/C19H32N2/c1-5-17(18(20-4)16-11-9-8-10-12-16)21-14-13-19(6-2,7-3)15-21/h8-12,17-18,20H,5-7,13-15H2,1-4H3. The van der Waals surface area contributed by atoms with Gasteiger partial charge in [0.05, 0.1) is 0 Å². The molecule has 0 bridgehead atoms. The van der Waals surface area contributed by atoms with Gasteiger partial charge in [-0.2, -0.15) is 0 Å². The molecule has 1 aliphatic heterocycles. The second-order valence-corrected chi connectivity index (χ2v) is 6.58. The molecule has 0 spiro atoms. The lowest BCUT2D eigenvalue weighted by atomic mass is 9.82. The largest absolute Gasteiger partial charge is 0.312 e. The molecule has 21 heavy (non-hydrogen) atoms. The van der Waals surface area contributed by atoms with Crippen LogP contribution in [0.15, 0.2) is 30.3 Å². The molecule has 1 aromatic rings. The summed E-state index contributed by atoms with van der Waals surface area (Å²) in [5.74, 6) is 0. The maximum atomic E-state index is 3.57. The predicted octanol–water partition coefficient (Wildman–Crippen LogP) is 4.24. The molecule has 2 heteroatoms. The molecule has 1 fully saturated rings. The van der Waals surface area contributed by atoms with Crippen LogP contribution in [0.25, 0.3) is 0 Å². The van der Waals surface area contributed by atoms with E-state index in [4.69, 9.17) is 0 Å². The lowest BCUT2D eigenvalue weighted by molar-refractivity contribution is 0.159. The van der Waals surface area contributed by atoms with Crippen LogP contribution in [0.3, 0.4) is 0 Å². The summed E-state index contributed by atoms with van der Waals surface area (Å²) in [6.45, 7) is 9.58. The van der Waals surface area contributed by atoms with Gasteiger partial charge in [-0.3, -0.25) is 4.90 Å². The van der Waals surface area contributed by atoms with Crippen molar-refractivity contribution in [2.45, 2.75) is 58.5 Å². The summed E-state index contributed by atoms with van der Waals surface area (Å²) in [4.78, 5) is 2.74. The number of rotatable bonds is 7. The van der Waals surface area contributed by atoms with Crippen molar-refractivity contribution < 1.29 is 0 Å². The van der Waals surface area contributed by atoms with Crippen LogP contribution in [-0.4, -0.2) is 31.1 Å². The highest BCUT2D eigenvalue weighted by Gasteiger charge is 2.39. The predicted molar refractivity (Wildman–Crippen MR) is 91.5 cm³/mol. The van der Waals surface area contributed by atoms with Gasteiger partial charge in [0.2, 0.25) is 0 Å². The van der Waals surface area contributed by atoms with E-state index in [0.29, 0.717) is 17.5 Å². The molecule has 1 saturated heterocycles. The quantitative estimate of drug-likeness (QED) is 0.807. The Hall–Kier alpha value is -0.860. The van der Waals surface area contributed by atoms with Crippen LogP contribution in [0.4, 0.5) is 0 Å². The molecule has 1 heterocycles. The maximum Gasteiger partial charge on any atom is 0.0475 e.